The van der Waals surface area contributed by atoms with Gasteiger partial charge in [-0.05, 0) is 81.1 Å². The van der Waals surface area contributed by atoms with Gasteiger partial charge >= 0.3 is 36.7 Å². The van der Waals surface area contributed by atoms with Gasteiger partial charge in [-0.25, -0.2) is 24.4 Å². The van der Waals surface area contributed by atoms with Crippen molar-refractivity contribution in [3.8, 4) is 0 Å². The lowest BCUT2D eigenvalue weighted by Gasteiger charge is -2.41. The zero-order valence-corrected chi connectivity index (χ0v) is 34.7. The summed E-state index contributed by atoms with van der Waals surface area (Å²) >= 11 is 0. The number of nitrogens with one attached hydrogen (secondary N) is 1. The van der Waals surface area contributed by atoms with Crippen LogP contribution in [0.4, 0.5) is 66.4 Å². The van der Waals surface area contributed by atoms with Crippen molar-refractivity contribution in [1.82, 2.24) is 14.9 Å². The van der Waals surface area contributed by atoms with Gasteiger partial charge < -0.3 is 29.2 Å². The molecule has 2 fully saturated rings. The zero-order chi connectivity index (χ0) is 46.2. The molecule has 3 aliphatic heterocycles. The fraction of sp³-hybridized carbons (Fsp3) is 0.537. The van der Waals surface area contributed by atoms with Crippen LogP contribution in [-0.4, -0.2) is 96.8 Å². The van der Waals surface area contributed by atoms with E-state index in [0.717, 1.165) is 30.2 Å². The van der Waals surface area contributed by atoms with Gasteiger partial charge in [-0.1, -0.05) is 6.92 Å². The second-order valence-electron chi connectivity index (χ2n) is 16.3. The summed E-state index contributed by atoms with van der Waals surface area (Å²) in [6, 6.07) is 1.02. The van der Waals surface area contributed by atoms with Gasteiger partial charge in [-0.3, -0.25) is 9.80 Å². The molecule has 0 bridgehead atoms. The van der Waals surface area contributed by atoms with Gasteiger partial charge in [0.1, 0.15) is 17.7 Å². The van der Waals surface area contributed by atoms with Crippen molar-refractivity contribution in [2.45, 2.75) is 102 Å². The molecule has 344 valence electrons. The van der Waals surface area contributed by atoms with Crippen LogP contribution in [-0.2, 0) is 48.7 Å². The number of likely N-dealkylation sites (tertiary alicyclic amines) is 1. The Hall–Kier alpha value is -5.54. The maximum atomic E-state index is 14.2. The standard InChI is InChI=1S/C41H45F9N6O7/c1-6-26-18-29(52-35-51-20-33(54-9-11-61-12-10-54)30(53-35)15-22-13-24(40(45,46)47)16-25(14-22)41(48,49)50)28-17-23(39(42,43)44)7-8-31(28)56(26)37(59)62-27-19-32(34(57)60-5)55(21-27)36(58)63-38(2,3)4/h7-8,13-14,16-17,20,26-27,29,32H,6,9-12,15,18-19,21H2,1-5H3,(H,51,52,53)/t26-,27-,29+,32+/m1/s1. The van der Waals surface area contributed by atoms with E-state index in [2.05, 4.69) is 15.3 Å². The average Bonchev–Trinajstić information content (AvgIpc) is 3.62. The molecule has 3 aromatic rings. The monoisotopic (exact) mass is 904 g/mol. The van der Waals surface area contributed by atoms with Gasteiger partial charge in [-0.2, -0.15) is 39.5 Å². The Morgan fingerprint density at radius 3 is 2.05 bits per heavy atom. The molecule has 1 N–H and O–H groups in total. The van der Waals surface area contributed by atoms with E-state index in [4.69, 9.17) is 18.9 Å². The molecule has 0 unspecified atom stereocenters. The Kier molecular flexibility index (Phi) is 13.4. The predicted molar refractivity (Wildman–Crippen MR) is 207 cm³/mol. The number of alkyl halides is 9. The molecule has 6 rings (SSSR count). The topological polar surface area (TPSA) is 136 Å². The highest BCUT2D eigenvalue weighted by atomic mass is 19.4. The van der Waals surface area contributed by atoms with Crippen molar-refractivity contribution in [1.29, 1.82) is 0 Å². The largest absolute Gasteiger partial charge is 0.467 e. The number of hydrogen-bond acceptors (Lipinski definition) is 11. The fourth-order valence-corrected chi connectivity index (χ4v) is 7.78. The number of nitrogens with zero attached hydrogens (tertiary/aromatic N) is 5. The van der Waals surface area contributed by atoms with Crippen molar-refractivity contribution in [2.75, 3.05) is 55.1 Å². The predicted octanol–water partition coefficient (Wildman–Crippen LogP) is 8.79. The van der Waals surface area contributed by atoms with Crippen LogP contribution in [0, 0.1) is 0 Å². The highest BCUT2D eigenvalue weighted by Crippen LogP contribution is 2.44. The molecule has 22 heteroatoms. The first-order valence-electron chi connectivity index (χ1n) is 19.9. The zero-order valence-electron chi connectivity index (χ0n) is 34.7. The van der Waals surface area contributed by atoms with Crippen LogP contribution in [0.15, 0.2) is 42.6 Å². The van der Waals surface area contributed by atoms with Crippen LogP contribution in [0.3, 0.4) is 0 Å². The van der Waals surface area contributed by atoms with Crippen molar-refractivity contribution in [3.63, 3.8) is 0 Å². The lowest BCUT2D eigenvalue weighted by molar-refractivity contribution is -0.146. The second-order valence-corrected chi connectivity index (χ2v) is 16.3. The summed E-state index contributed by atoms with van der Waals surface area (Å²) in [6.45, 7) is 7.44. The van der Waals surface area contributed by atoms with E-state index < -0.39 is 89.6 Å². The number of amides is 2. The van der Waals surface area contributed by atoms with Gasteiger partial charge in [0, 0.05) is 32.0 Å². The number of esters is 1. The molecule has 13 nitrogen and oxygen atoms in total. The number of carbonyl (C=O) groups excluding carboxylic acids is 3. The van der Waals surface area contributed by atoms with E-state index >= 15 is 0 Å². The molecule has 0 radical (unpaired) electrons. The summed E-state index contributed by atoms with van der Waals surface area (Å²) in [5.41, 5.74) is -5.07. The third kappa shape index (κ3) is 11.0. The van der Waals surface area contributed by atoms with Crippen molar-refractivity contribution in [2.24, 2.45) is 0 Å². The minimum atomic E-state index is -5.11. The van der Waals surface area contributed by atoms with E-state index in [-0.39, 0.29) is 73.5 Å². The average molecular weight is 905 g/mol. The molecule has 4 atom stereocenters. The summed E-state index contributed by atoms with van der Waals surface area (Å²) < 4.78 is 147. The van der Waals surface area contributed by atoms with Gasteiger partial charge in [0.2, 0.25) is 5.95 Å². The van der Waals surface area contributed by atoms with Crippen LogP contribution >= 0.6 is 0 Å². The second kappa shape index (κ2) is 17.9. The summed E-state index contributed by atoms with van der Waals surface area (Å²) in [7, 11) is 1.12. The van der Waals surface area contributed by atoms with Crippen LogP contribution in [0.5, 0.6) is 0 Å². The van der Waals surface area contributed by atoms with Crippen LogP contribution in [0.25, 0.3) is 0 Å². The van der Waals surface area contributed by atoms with Crippen LogP contribution in [0.2, 0.25) is 0 Å². The molecule has 2 amide bonds. The minimum absolute atomic E-state index is 0.0175. The lowest BCUT2D eigenvalue weighted by atomic mass is 9.89. The smallest absolute Gasteiger partial charge is 0.416 e. The van der Waals surface area contributed by atoms with Crippen molar-refractivity contribution in [3.05, 3.63) is 76.1 Å². The van der Waals surface area contributed by atoms with Crippen LogP contribution < -0.4 is 15.1 Å². The fourth-order valence-electron chi connectivity index (χ4n) is 7.78. The normalized spacial score (nSPS) is 20.9. The number of anilines is 3. The Morgan fingerprint density at radius 2 is 1.48 bits per heavy atom. The minimum Gasteiger partial charge on any atom is -0.467 e. The maximum Gasteiger partial charge on any atom is 0.416 e. The number of carbonyl (C=O) groups is 3. The molecule has 4 heterocycles. The first-order chi connectivity index (χ1) is 29.4. The lowest BCUT2D eigenvalue weighted by Crippen LogP contribution is -2.47. The molecule has 2 aromatic carbocycles. The van der Waals surface area contributed by atoms with Crippen molar-refractivity contribution < 1.29 is 72.8 Å². The van der Waals surface area contributed by atoms with Gasteiger partial charge in [0.15, 0.2) is 0 Å². The number of morpholine rings is 1. The summed E-state index contributed by atoms with van der Waals surface area (Å²) in [6.07, 6.45) is -17.1. The molecule has 3 aliphatic rings. The number of hydrogen-bond donors (Lipinski definition) is 1. The Labute approximate surface area is 355 Å². The van der Waals surface area contributed by atoms with E-state index in [0.29, 0.717) is 30.9 Å². The molecule has 0 saturated carbocycles. The molecule has 63 heavy (non-hydrogen) atoms. The third-order valence-electron chi connectivity index (χ3n) is 10.7. The molecule has 2 saturated heterocycles. The number of methoxy groups -OCH3 is 1. The first-order valence-corrected chi connectivity index (χ1v) is 19.9. The first kappa shape index (κ1) is 47.0. The molecular formula is C41H45F9N6O7. The highest BCUT2D eigenvalue weighted by molar-refractivity contribution is 5.91. The number of aromatic nitrogens is 2. The molecule has 0 aliphatic carbocycles. The molecular weight excluding hydrogens is 859 g/mol. The SMILES string of the molecule is CC[C@@H]1C[C@H](Nc2ncc(N3CCOCC3)c(Cc3cc(C(F)(F)F)cc(C(F)(F)F)c3)n2)c2cc(C(F)(F)F)ccc2N1C(=O)O[C@@H]1C[C@@H](C(=O)OC)N(C(=O)OC(C)(C)C)C1. The maximum absolute atomic E-state index is 14.2. The summed E-state index contributed by atoms with van der Waals surface area (Å²) in [5, 5.41) is 3.02. The van der Waals surface area contributed by atoms with Gasteiger partial charge in [0.05, 0.1) is 72.9 Å². The Balaban J connectivity index is 1.34. The Morgan fingerprint density at radius 1 is 0.841 bits per heavy atom. The van der Waals surface area contributed by atoms with E-state index in [1.54, 1.807) is 32.6 Å². The summed E-state index contributed by atoms with van der Waals surface area (Å²) in [4.78, 5) is 52.8. The number of benzene rings is 2. The summed E-state index contributed by atoms with van der Waals surface area (Å²) in [5.74, 6) is -0.988. The molecule has 0 spiro atoms. The van der Waals surface area contributed by atoms with Crippen LogP contribution in [0.1, 0.15) is 86.5 Å². The third-order valence-corrected chi connectivity index (χ3v) is 10.7. The number of ether oxygens (including phenoxy) is 4. The van der Waals surface area contributed by atoms with E-state index in [1.807, 2.05) is 0 Å². The molecule has 1 aromatic heterocycles. The number of rotatable bonds is 8. The van der Waals surface area contributed by atoms with E-state index in [1.165, 1.54) is 11.1 Å². The van der Waals surface area contributed by atoms with Gasteiger partial charge in [-0.15, -0.1) is 0 Å². The number of fused-ring (bicyclic) bond motifs is 1. The highest BCUT2D eigenvalue weighted by Gasteiger charge is 2.46. The number of halogens is 9. The van der Waals surface area contributed by atoms with Crippen molar-refractivity contribution >= 4 is 35.5 Å². The quantitative estimate of drug-likeness (QED) is 0.132. The van der Waals surface area contributed by atoms with E-state index in [9.17, 15) is 53.9 Å². The Bertz CT molecular complexity index is 2140. The van der Waals surface area contributed by atoms with Gasteiger partial charge in [0.25, 0.3) is 0 Å².